The van der Waals surface area contributed by atoms with Crippen LogP contribution in [-0.4, -0.2) is 25.7 Å². The third-order valence-corrected chi connectivity index (χ3v) is 3.93. The number of benzene rings is 1. The molecule has 19 heavy (non-hydrogen) atoms. The Kier molecular flexibility index (Phi) is 3.66. The van der Waals surface area contributed by atoms with E-state index in [1.54, 1.807) is 24.4 Å². The molecule has 0 saturated carbocycles. The van der Waals surface area contributed by atoms with Crippen molar-refractivity contribution < 1.29 is 0 Å². The van der Waals surface area contributed by atoms with Gasteiger partial charge in [-0.25, -0.2) is 15.0 Å². The Bertz CT molecular complexity index is 698. The van der Waals surface area contributed by atoms with Crippen LogP contribution in [-0.2, 0) is 6.42 Å². The second kappa shape index (κ2) is 5.59. The first-order valence-corrected chi connectivity index (χ1v) is 7.20. The minimum atomic E-state index is 0.709. The molecular formula is C13H11ClN4S. The van der Waals surface area contributed by atoms with E-state index in [0.29, 0.717) is 5.65 Å². The zero-order chi connectivity index (χ0) is 13.1. The lowest BCUT2D eigenvalue weighted by Crippen LogP contribution is -1.91. The van der Waals surface area contributed by atoms with E-state index in [2.05, 4.69) is 26.0 Å². The van der Waals surface area contributed by atoms with Crippen molar-refractivity contribution in [1.82, 2.24) is 19.9 Å². The fraction of sp³-hybridized carbons (Fsp3) is 0.154. The van der Waals surface area contributed by atoms with Crippen molar-refractivity contribution in [3.63, 3.8) is 0 Å². The molecule has 96 valence electrons. The summed E-state index contributed by atoms with van der Waals surface area (Å²) in [4.78, 5) is 15.6. The van der Waals surface area contributed by atoms with Gasteiger partial charge >= 0.3 is 0 Å². The molecule has 4 nitrogen and oxygen atoms in total. The lowest BCUT2D eigenvalue weighted by molar-refractivity contribution is 1.08. The van der Waals surface area contributed by atoms with Crippen LogP contribution in [0, 0.1) is 0 Å². The molecule has 1 N–H and O–H groups in total. The van der Waals surface area contributed by atoms with Crippen LogP contribution in [0.4, 0.5) is 0 Å². The van der Waals surface area contributed by atoms with Gasteiger partial charge in [-0.2, -0.15) is 0 Å². The second-order valence-corrected chi connectivity index (χ2v) is 5.53. The molecule has 2 heterocycles. The van der Waals surface area contributed by atoms with E-state index in [4.69, 9.17) is 11.6 Å². The van der Waals surface area contributed by atoms with E-state index in [1.165, 1.54) is 5.56 Å². The van der Waals surface area contributed by atoms with Crippen LogP contribution in [0.2, 0.25) is 5.02 Å². The van der Waals surface area contributed by atoms with Gasteiger partial charge < -0.3 is 4.98 Å². The van der Waals surface area contributed by atoms with Gasteiger partial charge in [-0.05, 0) is 24.1 Å². The van der Waals surface area contributed by atoms with Gasteiger partial charge in [0.05, 0.1) is 6.33 Å². The van der Waals surface area contributed by atoms with Crippen LogP contribution in [0.3, 0.4) is 0 Å². The highest BCUT2D eigenvalue weighted by molar-refractivity contribution is 7.99. The number of aromatic nitrogens is 4. The first-order chi connectivity index (χ1) is 9.33. The number of halogens is 1. The van der Waals surface area contributed by atoms with Crippen LogP contribution in [0.5, 0.6) is 0 Å². The van der Waals surface area contributed by atoms with E-state index in [1.807, 2.05) is 18.2 Å². The van der Waals surface area contributed by atoms with Crippen LogP contribution < -0.4 is 0 Å². The summed E-state index contributed by atoms with van der Waals surface area (Å²) in [6.07, 6.45) is 4.14. The number of fused-ring (bicyclic) bond motifs is 1. The molecular weight excluding hydrogens is 280 g/mol. The van der Waals surface area contributed by atoms with Gasteiger partial charge in [0.25, 0.3) is 0 Å². The SMILES string of the molecule is Clc1cccc(CCSc2ncnc3nc[nH]c23)c1. The van der Waals surface area contributed by atoms with Gasteiger partial charge in [-0.3, -0.25) is 0 Å². The minimum absolute atomic E-state index is 0.709. The lowest BCUT2D eigenvalue weighted by atomic mass is 10.2. The zero-order valence-corrected chi connectivity index (χ0v) is 11.6. The number of aryl methyl sites for hydroxylation is 1. The molecule has 3 aromatic rings. The quantitative estimate of drug-likeness (QED) is 0.591. The number of imidazole rings is 1. The number of nitrogens with one attached hydrogen (secondary N) is 1. The molecule has 6 heteroatoms. The van der Waals surface area contributed by atoms with Gasteiger partial charge in [0, 0.05) is 10.8 Å². The number of H-pyrrole nitrogens is 1. The molecule has 0 spiro atoms. The molecule has 0 amide bonds. The largest absolute Gasteiger partial charge is 0.341 e. The maximum atomic E-state index is 5.96. The highest BCUT2D eigenvalue weighted by Gasteiger charge is 2.06. The molecule has 0 aliphatic carbocycles. The molecule has 0 bridgehead atoms. The number of rotatable bonds is 4. The maximum absolute atomic E-state index is 5.96. The summed E-state index contributed by atoms with van der Waals surface area (Å²) in [5, 5.41) is 1.71. The normalized spacial score (nSPS) is 11.0. The molecule has 0 aliphatic heterocycles. The first kappa shape index (κ1) is 12.4. The fourth-order valence-corrected chi connectivity index (χ4v) is 2.97. The molecule has 0 fully saturated rings. The minimum Gasteiger partial charge on any atom is -0.341 e. The van der Waals surface area contributed by atoms with Crippen molar-refractivity contribution in [3.05, 3.63) is 47.5 Å². The van der Waals surface area contributed by atoms with Gasteiger partial charge in [-0.15, -0.1) is 11.8 Å². The summed E-state index contributed by atoms with van der Waals surface area (Å²) >= 11 is 7.65. The number of hydrogen-bond donors (Lipinski definition) is 1. The van der Waals surface area contributed by atoms with Crippen molar-refractivity contribution in [2.75, 3.05) is 5.75 Å². The van der Waals surface area contributed by atoms with Crippen LogP contribution in [0.1, 0.15) is 5.56 Å². The van der Waals surface area contributed by atoms with E-state index >= 15 is 0 Å². The Morgan fingerprint density at radius 2 is 2.16 bits per heavy atom. The van der Waals surface area contributed by atoms with Crippen LogP contribution in [0.25, 0.3) is 11.2 Å². The predicted octanol–water partition coefficient (Wildman–Crippen LogP) is 3.34. The van der Waals surface area contributed by atoms with Gasteiger partial charge in [0.15, 0.2) is 5.65 Å². The third-order valence-electron chi connectivity index (χ3n) is 2.71. The smallest absolute Gasteiger partial charge is 0.181 e. The van der Waals surface area contributed by atoms with Gasteiger partial charge in [0.2, 0.25) is 0 Å². The van der Waals surface area contributed by atoms with E-state index in [-0.39, 0.29) is 0 Å². The first-order valence-electron chi connectivity index (χ1n) is 5.84. The highest BCUT2D eigenvalue weighted by atomic mass is 35.5. The molecule has 3 rings (SSSR count). The summed E-state index contributed by atoms with van der Waals surface area (Å²) in [5.41, 5.74) is 2.84. The average Bonchev–Trinajstić information content (AvgIpc) is 2.88. The average molecular weight is 291 g/mol. The van der Waals surface area contributed by atoms with Crippen molar-refractivity contribution >= 4 is 34.5 Å². The summed E-state index contributed by atoms with van der Waals surface area (Å²) in [5.74, 6) is 0.936. The predicted molar refractivity (Wildman–Crippen MR) is 77.6 cm³/mol. The molecule has 0 radical (unpaired) electrons. The number of nitrogens with zero attached hydrogens (tertiary/aromatic N) is 3. The Labute approximate surface area is 119 Å². The Balaban J connectivity index is 1.68. The maximum Gasteiger partial charge on any atom is 0.181 e. The molecule has 1 aromatic carbocycles. The van der Waals surface area contributed by atoms with Crippen molar-refractivity contribution in [2.45, 2.75) is 11.4 Å². The molecule has 0 saturated heterocycles. The van der Waals surface area contributed by atoms with Crippen molar-refractivity contribution in [1.29, 1.82) is 0 Å². The lowest BCUT2D eigenvalue weighted by Gasteiger charge is -2.02. The number of aromatic amines is 1. The van der Waals surface area contributed by atoms with E-state index in [9.17, 15) is 0 Å². The standard InChI is InChI=1S/C13H11ClN4S/c14-10-3-1-2-9(6-10)4-5-19-13-11-12(16-7-15-11)17-8-18-13/h1-3,6-8H,4-5H2,(H,15,16,17,18). The second-order valence-electron chi connectivity index (χ2n) is 4.01. The highest BCUT2D eigenvalue weighted by Crippen LogP contribution is 2.23. The monoisotopic (exact) mass is 290 g/mol. The summed E-state index contributed by atoms with van der Waals surface area (Å²) in [6, 6.07) is 7.93. The zero-order valence-electron chi connectivity index (χ0n) is 10.0. The summed E-state index contributed by atoms with van der Waals surface area (Å²) in [6.45, 7) is 0. The Hall–Kier alpha value is -1.59. The Morgan fingerprint density at radius 1 is 1.21 bits per heavy atom. The van der Waals surface area contributed by atoms with Crippen LogP contribution >= 0.6 is 23.4 Å². The fourth-order valence-electron chi connectivity index (χ4n) is 1.81. The Morgan fingerprint density at radius 3 is 3.05 bits per heavy atom. The van der Waals surface area contributed by atoms with E-state index in [0.717, 1.165) is 27.7 Å². The number of hydrogen-bond acceptors (Lipinski definition) is 4. The third kappa shape index (κ3) is 2.88. The molecule has 2 aromatic heterocycles. The number of thioether (sulfide) groups is 1. The summed E-state index contributed by atoms with van der Waals surface area (Å²) < 4.78 is 0. The summed E-state index contributed by atoms with van der Waals surface area (Å²) in [7, 11) is 0. The van der Waals surface area contributed by atoms with Gasteiger partial charge in [0.1, 0.15) is 16.9 Å². The van der Waals surface area contributed by atoms with E-state index < -0.39 is 0 Å². The molecule has 0 aliphatic rings. The molecule has 0 atom stereocenters. The van der Waals surface area contributed by atoms with Crippen molar-refractivity contribution in [3.8, 4) is 0 Å². The van der Waals surface area contributed by atoms with Crippen molar-refractivity contribution in [2.24, 2.45) is 0 Å². The molecule has 0 unspecified atom stereocenters. The van der Waals surface area contributed by atoms with Crippen LogP contribution in [0.15, 0.2) is 41.9 Å². The van der Waals surface area contributed by atoms with Gasteiger partial charge in [-0.1, -0.05) is 23.7 Å². The topological polar surface area (TPSA) is 54.5 Å².